The molecule has 0 aromatic heterocycles. The Morgan fingerprint density at radius 1 is 0.597 bits per heavy atom. The van der Waals surface area contributed by atoms with Gasteiger partial charge in [-0.2, -0.15) is 0 Å². The number of ketones is 2. The van der Waals surface area contributed by atoms with Crippen molar-refractivity contribution in [2.24, 2.45) is 79.6 Å². The lowest BCUT2D eigenvalue weighted by Gasteiger charge is -2.61. The zero-order valence-corrected chi connectivity index (χ0v) is 47.2. The van der Waals surface area contributed by atoms with Gasteiger partial charge in [-0.25, -0.2) is 0 Å². The van der Waals surface area contributed by atoms with Crippen molar-refractivity contribution in [1.82, 2.24) is 0 Å². The van der Waals surface area contributed by atoms with Gasteiger partial charge in [0, 0.05) is 62.9 Å². The van der Waals surface area contributed by atoms with E-state index in [-0.39, 0.29) is 104 Å². The average Bonchev–Trinajstić information content (AvgIpc) is 3.78. The van der Waals surface area contributed by atoms with E-state index in [4.69, 9.17) is 15.2 Å². The fourth-order valence-electron chi connectivity index (χ4n) is 16.8. The van der Waals surface area contributed by atoms with Crippen LogP contribution >= 0.6 is 23.5 Å². The lowest BCUT2D eigenvalue weighted by atomic mass is 9.44. The van der Waals surface area contributed by atoms with Gasteiger partial charge in [0.25, 0.3) is 0 Å². The molecular weight excluding hydrogens is 947 g/mol. The molecule has 13 heteroatoms. The summed E-state index contributed by atoms with van der Waals surface area (Å²) in [5.74, 6) is 0.852. The van der Waals surface area contributed by atoms with E-state index in [9.17, 15) is 39.6 Å². The third-order valence-electron chi connectivity index (χ3n) is 22.4. The van der Waals surface area contributed by atoms with E-state index < -0.39 is 52.2 Å². The number of thioether (sulfide) groups is 2. The minimum absolute atomic E-state index is 0.0298. The van der Waals surface area contributed by atoms with Crippen LogP contribution in [-0.2, 0) is 28.7 Å². The standard InChI is InChI=1S/C30H48O5S.C29H47NO5S/c1-7-28(5)16-24(35-25(33)17-36-23-11-9-18(2)8-10-21(23)31)29(6)19(3)12-14-30(20(4)27(28)34)15-13-22(32)26(29)30;1-6-27(4)15-23(35-24(33)16-36-22-10-8-19(30)7-9-20(22)31)28(5)17(2)11-13-29(18(3)26(27)34)14-12-21(32)25(28)29/h7,18-21,23-24,26-27,31,34H,1,8-17H2,2-6H3;6,17-20,22-23,25-26,31,34H,1,7-16,30H2,2-5H3/t18?,19?,20-,21?,23?,24+,26?,27?,28+,29-,30?;17?,18-,19?,20?,22?,23+,25?,26?,27+,28-,29?/m00/s1. The highest BCUT2D eigenvalue weighted by Gasteiger charge is 2.70. The van der Waals surface area contributed by atoms with Crippen molar-refractivity contribution in [3.05, 3.63) is 25.3 Å². The summed E-state index contributed by atoms with van der Waals surface area (Å²) in [4.78, 5) is 53.6. The van der Waals surface area contributed by atoms with E-state index >= 15 is 0 Å². The number of aliphatic hydroxyl groups excluding tert-OH is 4. The molecular formula is C59H95NO10S2. The molecule has 22 atom stereocenters. The Morgan fingerprint density at radius 2 is 0.972 bits per heavy atom. The molecule has 4 bridgehead atoms. The number of hydrogen-bond donors (Lipinski definition) is 5. The van der Waals surface area contributed by atoms with Crippen molar-refractivity contribution in [2.45, 2.75) is 231 Å². The topological polar surface area (TPSA) is 194 Å². The molecule has 11 nitrogen and oxygen atoms in total. The molecule has 6 N–H and O–H groups in total. The molecule has 0 heterocycles. The van der Waals surface area contributed by atoms with Crippen molar-refractivity contribution in [3.63, 3.8) is 0 Å². The Hall–Kier alpha value is -1.74. The van der Waals surface area contributed by atoms with Gasteiger partial charge in [-0.3, -0.25) is 19.2 Å². The number of carbonyl (C=O) groups excluding carboxylic acids is 4. The summed E-state index contributed by atoms with van der Waals surface area (Å²) >= 11 is 2.97. The largest absolute Gasteiger partial charge is 0.461 e. The molecule has 8 rings (SSSR count). The number of esters is 2. The molecule has 8 fully saturated rings. The fraction of sp³-hybridized carbons (Fsp3) is 0.864. The first-order valence-electron chi connectivity index (χ1n) is 28.2. The monoisotopic (exact) mass is 1040 g/mol. The Bertz CT molecular complexity index is 1870. The molecule has 0 radical (unpaired) electrons. The summed E-state index contributed by atoms with van der Waals surface area (Å²) in [6.07, 6.45) is 14.8. The summed E-state index contributed by atoms with van der Waals surface area (Å²) in [6, 6.07) is 0.106. The molecule has 0 amide bonds. The molecule has 0 aromatic rings. The first-order valence-corrected chi connectivity index (χ1v) is 30.3. The van der Waals surface area contributed by atoms with Gasteiger partial charge >= 0.3 is 11.9 Å². The van der Waals surface area contributed by atoms with Crippen molar-refractivity contribution in [3.8, 4) is 0 Å². The number of Topliss-reactive ketones (excluding diaryl/α,β-unsaturated/α-hetero) is 2. The summed E-state index contributed by atoms with van der Waals surface area (Å²) in [7, 11) is 0. The smallest absolute Gasteiger partial charge is 0.316 e. The number of aliphatic hydroxyl groups is 4. The van der Waals surface area contributed by atoms with Crippen LogP contribution in [0.3, 0.4) is 0 Å². The second-order valence-corrected chi connectivity index (χ2v) is 28.6. The molecule has 8 aliphatic rings. The maximum Gasteiger partial charge on any atom is 0.316 e. The molecule has 8 aliphatic carbocycles. The number of ether oxygens (including phenoxy) is 2. The maximum atomic E-state index is 13.5. The maximum absolute atomic E-state index is 13.5. The lowest BCUT2D eigenvalue weighted by molar-refractivity contribution is -0.205. The van der Waals surface area contributed by atoms with Gasteiger partial charge in [-0.15, -0.1) is 36.7 Å². The van der Waals surface area contributed by atoms with E-state index in [0.29, 0.717) is 38.0 Å². The highest BCUT2D eigenvalue weighted by atomic mass is 32.2. The van der Waals surface area contributed by atoms with Gasteiger partial charge in [-0.1, -0.05) is 74.5 Å². The van der Waals surface area contributed by atoms with Crippen molar-refractivity contribution < 1.29 is 49.1 Å². The van der Waals surface area contributed by atoms with E-state index in [0.717, 1.165) is 83.5 Å². The first-order chi connectivity index (χ1) is 33.8. The highest BCUT2D eigenvalue weighted by Crippen LogP contribution is 2.70. The van der Waals surface area contributed by atoms with Crippen LogP contribution < -0.4 is 5.73 Å². The molecule has 14 unspecified atom stereocenters. The zero-order chi connectivity index (χ0) is 52.9. The average molecular weight is 1040 g/mol. The summed E-state index contributed by atoms with van der Waals surface area (Å²) in [6.45, 7) is 27.4. The Balaban J connectivity index is 0.000000211. The van der Waals surface area contributed by atoms with Crippen molar-refractivity contribution in [2.75, 3.05) is 11.5 Å². The number of carbonyl (C=O) groups is 4. The third kappa shape index (κ3) is 10.4. The van der Waals surface area contributed by atoms with Gasteiger partial charge in [0.15, 0.2) is 0 Å². The van der Waals surface area contributed by atoms with Crippen LogP contribution in [-0.4, -0.2) is 109 Å². The Kier molecular flexibility index (Phi) is 18.0. The Morgan fingerprint density at radius 3 is 1.39 bits per heavy atom. The van der Waals surface area contributed by atoms with E-state index in [1.54, 1.807) is 0 Å². The molecule has 72 heavy (non-hydrogen) atoms. The summed E-state index contributed by atoms with van der Waals surface area (Å²) < 4.78 is 12.7. The van der Waals surface area contributed by atoms with E-state index in [2.05, 4.69) is 61.6 Å². The van der Waals surface area contributed by atoms with Crippen LogP contribution in [0.2, 0.25) is 0 Å². The predicted octanol–water partition coefficient (Wildman–Crippen LogP) is 9.82. The zero-order valence-electron chi connectivity index (χ0n) is 45.6. The minimum Gasteiger partial charge on any atom is -0.461 e. The van der Waals surface area contributed by atoms with Crippen molar-refractivity contribution in [1.29, 1.82) is 0 Å². The van der Waals surface area contributed by atoms with Crippen LogP contribution in [0, 0.1) is 73.9 Å². The van der Waals surface area contributed by atoms with E-state index in [1.807, 2.05) is 26.0 Å². The molecule has 408 valence electrons. The second kappa shape index (κ2) is 22.3. The SMILES string of the molecule is C=C[C@]1(C)C[C@@H](OC(=O)CSC2CCC(C)CCC2O)[C@]2(C)C(C)CCC3(CCC(=O)C32)[C@@H](C)C1O.C=C[C@]1(C)C[C@@H](OC(=O)CSC2CCC(N)CCC2O)[C@]2(C)C(C)CCC3(CCC(=O)C32)[C@@H](C)C1O. The normalized spacial score (nSPS) is 49.4. The number of hydrogen-bond acceptors (Lipinski definition) is 13. The van der Waals surface area contributed by atoms with Crippen molar-refractivity contribution >= 4 is 47.0 Å². The lowest BCUT2D eigenvalue weighted by Crippen LogP contribution is -2.63. The molecule has 0 aliphatic heterocycles. The Labute approximate surface area is 441 Å². The van der Waals surface area contributed by atoms with Gasteiger partial charge < -0.3 is 35.6 Å². The minimum atomic E-state index is -0.665. The van der Waals surface area contributed by atoms with Gasteiger partial charge in [-0.05, 0) is 143 Å². The van der Waals surface area contributed by atoms with Crippen LogP contribution in [0.1, 0.15) is 178 Å². The molecule has 0 aromatic carbocycles. The van der Waals surface area contributed by atoms with Crippen LogP contribution in [0.4, 0.5) is 0 Å². The number of nitrogens with two attached hydrogens (primary N) is 1. The molecule has 0 spiro atoms. The molecule has 0 saturated heterocycles. The quantitative estimate of drug-likeness (QED) is 0.0790. The first kappa shape index (κ1) is 58.0. The number of rotatable bonds is 10. The summed E-state index contributed by atoms with van der Waals surface area (Å²) in [5, 5.41) is 44.4. The predicted molar refractivity (Wildman–Crippen MR) is 288 cm³/mol. The molecule has 8 saturated carbocycles. The van der Waals surface area contributed by atoms with Gasteiger partial charge in [0.1, 0.15) is 23.8 Å². The van der Waals surface area contributed by atoms with E-state index in [1.165, 1.54) is 23.5 Å². The van der Waals surface area contributed by atoms with Crippen LogP contribution in [0.15, 0.2) is 25.3 Å². The van der Waals surface area contributed by atoms with Crippen LogP contribution in [0.25, 0.3) is 0 Å². The second-order valence-electron chi connectivity index (χ2n) is 26.1. The van der Waals surface area contributed by atoms with Gasteiger partial charge in [0.2, 0.25) is 0 Å². The van der Waals surface area contributed by atoms with Gasteiger partial charge in [0.05, 0.1) is 35.9 Å². The van der Waals surface area contributed by atoms with Crippen LogP contribution in [0.5, 0.6) is 0 Å². The fourth-order valence-corrected chi connectivity index (χ4v) is 19.0. The third-order valence-corrected chi connectivity index (χ3v) is 25.2. The summed E-state index contributed by atoms with van der Waals surface area (Å²) in [5.41, 5.74) is 3.32. The highest BCUT2D eigenvalue weighted by molar-refractivity contribution is 8.00.